The number of amides is 2. The van der Waals surface area contributed by atoms with E-state index in [-0.39, 0.29) is 16.7 Å². The molecule has 0 bridgehead atoms. The zero-order valence-corrected chi connectivity index (χ0v) is 15.5. The van der Waals surface area contributed by atoms with E-state index >= 15 is 0 Å². The zero-order valence-electron chi connectivity index (χ0n) is 14.7. The van der Waals surface area contributed by atoms with Crippen molar-refractivity contribution in [2.75, 3.05) is 10.6 Å². The van der Waals surface area contributed by atoms with Gasteiger partial charge in [-0.05, 0) is 29.7 Å². The number of rotatable bonds is 3. The number of nitrogens with zero attached hydrogens (tertiary/aromatic N) is 1. The Morgan fingerprint density at radius 2 is 1.85 bits per heavy atom. The molecule has 2 N–H and O–H groups in total. The third-order valence-electron chi connectivity index (χ3n) is 3.56. The van der Waals surface area contributed by atoms with Crippen LogP contribution < -0.4 is 10.6 Å². The van der Waals surface area contributed by atoms with E-state index in [9.17, 15) is 22.8 Å². The summed E-state index contributed by atoms with van der Waals surface area (Å²) in [5, 5.41) is 13.9. The van der Waals surface area contributed by atoms with E-state index in [1.807, 2.05) is 20.8 Å². The first-order chi connectivity index (χ1) is 12.5. The maximum Gasteiger partial charge on any atom is 0.417 e. The predicted molar refractivity (Wildman–Crippen MR) is 97.2 cm³/mol. The van der Waals surface area contributed by atoms with Crippen LogP contribution >= 0.6 is 11.3 Å². The molecule has 0 aliphatic heterocycles. The second kappa shape index (κ2) is 7.40. The minimum atomic E-state index is -4.72. The number of thiophene rings is 1. The molecule has 2 rings (SSSR count). The van der Waals surface area contributed by atoms with Crippen LogP contribution in [0.4, 0.5) is 28.7 Å². The minimum absolute atomic E-state index is 0.126. The summed E-state index contributed by atoms with van der Waals surface area (Å²) in [5.74, 6) is 0. The smallest absolute Gasteiger partial charge is 0.308 e. The molecule has 0 aliphatic carbocycles. The summed E-state index contributed by atoms with van der Waals surface area (Å²) in [7, 11) is 0. The van der Waals surface area contributed by atoms with E-state index in [1.165, 1.54) is 23.5 Å². The SMILES string of the molecule is CC(C)(C)c1cc(C=O)c(NC(=O)Nc2ccc(C#N)c(C(F)(F)F)c2)s1. The van der Waals surface area contributed by atoms with E-state index < -0.39 is 23.3 Å². The average Bonchev–Trinajstić information content (AvgIpc) is 2.97. The third kappa shape index (κ3) is 4.86. The molecule has 1 aromatic carbocycles. The molecule has 2 aromatic rings. The van der Waals surface area contributed by atoms with Crippen molar-refractivity contribution < 1.29 is 22.8 Å². The summed E-state index contributed by atoms with van der Waals surface area (Å²) >= 11 is 1.22. The van der Waals surface area contributed by atoms with Gasteiger partial charge in [-0.25, -0.2) is 4.79 Å². The minimum Gasteiger partial charge on any atom is -0.308 e. The van der Waals surface area contributed by atoms with Crippen LogP contribution in [0.2, 0.25) is 0 Å². The Kier molecular flexibility index (Phi) is 5.61. The molecule has 1 aromatic heterocycles. The van der Waals surface area contributed by atoms with E-state index in [0.29, 0.717) is 17.4 Å². The Labute approximate surface area is 157 Å². The van der Waals surface area contributed by atoms with Gasteiger partial charge in [0.15, 0.2) is 6.29 Å². The van der Waals surface area contributed by atoms with Crippen LogP contribution in [0.25, 0.3) is 0 Å². The molecule has 0 atom stereocenters. The molecule has 0 saturated carbocycles. The number of nitriles is 1. The Hall–Kier alpha value is -2.86. The summed E-state index contributed by atoms with van der Waals surface area (Å²) in [6.07, 6.45) is -4.12. The lowest BCUT2D eigenvalue weighted by Gasteiger charge is -2.15. The molecule has 0 fully saturated rings. The number of hydrogen-bond donors (Lipinski definition) is 2. The van der Waals surface area contributed by atoms with Gasteiger partial charge < -0.3 is 5.32 Å². The van der Waals surface area contributed by atoms with Crippen molar-refractivity contribution in [3.8, 4) is 6.07 Å². The number of nitrogens with one attached hydrogen (secondary N) is 2. The summed E-state index contributed by atoms with van der Waals surface area (Å²) < 4.78 is 39.0. The van der Waals surface area contributed by atoms with Crippen LogP contribution in [-0.2, 0) is 11.6 Å². The molecule has 0 unspecified atom stereocenters. The number of benzene rings is 1. The van der Waals surface area contributed by atoms with Crippen LogP contribution in [-0.4, -0.2) is 12.3 Å². The molecule has 0 saturated heterocycles. The summed E-state index contributed by atoms with van der Waals surface area (Å²) in [4.78, 5) is 24.2. The molecule has 0 aliphatic rings. The number of carbonyl (C=O) groups excluding carboxylic acids is 2. The number of aldehydes is 1. The van der Waals surface area contributed by atoms with Gasteiger partial charge in [0.2, 0.25) is 0 Å². The van der Waals surface area contributed by atoms with Gasteiger partial charge in [0, 0.05) is 16.1 Å². The first-order valence-corrected chi connectivity index (χ1v) is 8.56. The van der Waals surface area contributed by atoms with E-state index in [2.05, 4.69) is 10.6 Å². The van der Waals surface area contributed by atoms with Gasteiger partial charge in [-0.3, -0.25) is 10.1 Å². The van der Waals surface area contributed by atoms with E-state index in [1.54, 1.807) is 6.07 Å². The van der Waals surface area contributed by atoms with Crippen LogP contribution in [0.1, 0.15) is 47.1 Å². The van der Waals surface area contributed by atoms with Crippen molar-refractivity contribution in [3.05, 3.63) is 45.8 Å². The third-order valence-corrected chi connectivity index (χ3v) is 5.05. The summed E-state index contributed by atoms with van der Waals surface area (Å²) in [6.45, 7) is 5.85. The second-order valence-corrected chi connectivity index (χ2v) is 7.76. The molecule has 142 valence electrons. The standard InChI is InChI=1S/C18H16F3N3O2S/c1-17(2,3)14-6-11(9-25)15(27-14)24-16(26)23-12-5-4-10(8-22)13(7-12)18(19,20)21/h4-7,9H,1-3H3,(H2,23,24,26). The fourth-order valence-electron chi connectivity index (χ4n) is 2.18. The Morgan fingerprint density at radius 1 is 1.19 bits per heavy atom. The number of carbonyl (C=O) groups is 2. The Bertz CT molecular complexity index is 921. The topological polar surface area (TPSA) is 82.0 Å². The largest absolute Gasteiger partial charge is 0.417 e. The fourth-order valence-corrected chi connectivity index (χ4v) is 3.26. The van der Waals surface area contributed by atoms with Gasteiger partial charge in [-0.1, -0.05) is 20.8 Å². The maximum absolute atomic E-state index is 13.0. The van der Waals surface area contributed by atoms with Gasteiger partial charge in [0.05, 0.1) is 17.2 Å². The zero-order chi connectivity index (χ0) is 20.4. The van der Waals surface area contributed by atoms with Gasteiger partial charge in [0.25, 0.3) is 0 Å². The average molecular weight is 395 g/mol. The van der Waals surface area contributed by atoms with Gasteiger partial charge in [-0.15, -0.1) is 11.3 Å². The fraction of sp³-hybridized carbons (Fsp3) is 0.278. The molecule has 27 heavy (non-hydrogen) atoms. The van der Waals surface area contributed by atoms with E-state index in [4.69, 9.17) is 5.26 Å². The molecule has 0 spiro atoms. The Morgan fingerprint density at radius 3 is 2.37 bits per heavy atom. The number of alkyl halides is 3. The quantitative estimate of drug-likeness (QED) is 0.684. The monoisotopic (exact) mass is 395 g/mol. The second-order valence-electron chi connectivity index (χ2n) is 6.71. The number of anilines is 2. The molecular formula is C18H16F3N3O2S. The number of halogens is 3. The number of urea groups is 1. The van der Waals surface area contributed by atoms with Gasteiger partial charge in [0.1, 0.15) is 5.00 Å². The molecular weight excluding hydrogens is 379 g/mol. The van der Waals surface area contributed by atoms with Crippen LogP contribution in [0.3, 0.4) is 0 Å². The summed E-state index contributed by atoms with van der Waals surface area (Å²) in [6, 6.07) is 5.21. The van der Waals surface area contributed by atoms with Gasteiger partial charge >= 0.3 is 12.2 Å². The highest BCUT2D eigenvalue weighted by Crippen LogP contribution is 2.36. The highest BCUT2D eigenvalue weighted by atomic mass is 32.1. The van der Waals surface area contributed by atoms with Crippen LogP contribution in [0.5, 0.6) is 0 Å². The first-order valence-electron chi connectivity index (χ1n) is 7.74. The molecule has 2 amide bonds. The molecule has 5 nitrogen and oxygen atoms in total. The normalized spacial score (nSPS) is 11.6. The maximum atomic E-state index is 13.0. The highest BCUT2D eigenvalue weighted by Gasteiger charge is 2.34. The lowest BCUT2D eigenvalue weighted by atomic mass is 9.94. The van der Waals surface area contributed by atoms with Crippen molar-refractivity contribution in [2.24, 2.45) is 0 Å². The molecule has 0 radical (unpaired) electrons. The number of hydrogen-bond acceptors (Lipinski definition) is 4. The van der Waals surface area contributed by atoms with Crippen LogP contribution in [0, 0.1) is 11.3 Å². The predicted octanol–water partition coefficient (Wildman–Crippen LogP) is 5.39. The lowest BCUT2D eigenvalue weighted by Crippen LogP contribution is -2.20. The molecule has 9 heteroatoms. The van der Waals surface area contributed by atoms with Crippen molar-refractivity contribution >= 4 is 34.3 Å². The Balaban J connectivity index is 2.23. The van der Waals surface area contributed by atoms with Gasteiger partial charge in [-0.2, -0.15) is 18.4 Å². The van der Waals surface area contributed by atoms with E-state index in [0.717, 1.165) is 10.9 Å². The van der Waals surface area contributed by atoms with Crippen molar-refractivity contribution in [3.63, 3.8) is 0 Å². The van der Waals surface area contributed by atoms with Crippen molar-refractivity contribution in [1.82, 2.24) is 0 Å². The summed E-state index contributed by atoms with van der Waals surface area (Å²) in [5.41, 5.74) is -1.74. The van der Waals surface area contributed by atoms with Crippen molar-refractivity contribution in [1.29, 1.82) is 5.26 Å². The lowest BCUT2D eigenvalue weighted by molar-refractivity contribution is -0.137. The van der Waals surface area contributed by atoms with Crippen molar-refractivity contribution in [2.45, 2.75) is 32.4 Å². The molecule has 1 heterocycles. The first kappa shape index (κ1) is 20.5. The van der Waals surface area contributed by atoms with Crippen LogP contribution in [0.15, 0.2) is 24.3 Å². The highest BCUT2D eigenvalue weighted by molar-refractivity contribution is 7.16.